The molecule has 0 atom stereocenters. The van der Waals surface area contributed by atoms with E-state index in [1.165, 1.54) is 11.1 Å². The Kier molecular flexibility index (Phi) is 7.73. The van der Waals surface area contributed by atoms with Crippen molar-refractivity contribution in [1.82, 2.24) is 19.5 Å². The van der Waals surface area contributed by atoms with Crippen molar-refractivity contribution in [3.63, 3.8) is 0 Å². The molecule has 0 spiro atoms. The van der Waals surface area contributed by atoms with E-state index in [2.05, 4.69) is 40.0 Å². The molecule has 1 N–H and O–H groups in total. The van der Waals surface area contributed by atoms with Gasteiger partial charge in [-0.25, -0.2) is 13.1 Å². The molecule has 0 aliphatic carbocycles. The van der Waals surface area contributed by atoms with Crippen LogP contribution in [0.3, 0.4) is 0 Å². The van der Waals surface area contributed by atoms with Gasteiger partial charge in [-0.3, -0.25) is 4.57 Å². The van der Waals surface area contributed by atoms with Gasteiger partial charge in [-0.15, -0.1) is 10.2 Å². The number of halogens is 1. The summed E-state index contributed by atoms with van der Waals surface area (Å²) in [6.07, 6.45) is 0. The van der Waals surface area contributed by atoms with Crippen LogP contribution in [0.25, 0.3) is 5.69 Å². The second-order valence-electron chi connectivity index (χ2n) is 8.01. The minimum absolute atomic E-state index is 0.0130. The van der Waals surface area contributed by atoms with Gasteiger partial charge in [0.15, 0.2) is 11.0 Å². The molecule has 9 heteroatoms. The highest BCUT2D eigenvalue weighted by Gasteiger charge is 2.19. The number of thioether (sulfide) groups is 1. The number of aryl methyl sites for hydroxylation is 2. The van der Waals surface area contributed by atoms with E-state index in [-0.39, 0.29) is 12.3 Å². The van der Waals surface area contributed by atoms with Crippen molar-refractivity contribution >= 4 is 33.4 Å². The quantitative estimate of drug-likeness (QED) is 0.302. The zero-order chi connectivity index (χ0) is 24.1. The lowest BCUT2D eigenvalue weighted by atomic mass is 10.2. The molecule has 4 rings (SSSR count). The molecule has 1 heterocycles. The van der Waals surface area contributed by atoms with Gasteiger partial charge < -0.3 is 0 Å². The Bertz CT molecular complexity index is 1390. The molecule has 0 saturated heterocycles. The Balaban J connectivity index is 1.61. The minimum Gasteiger partial charge on any atom is -0.273 e. The number of rotatable bonds is 9. The standard InChI is InChI=1S/C25H25ClN4O2S2/c1-18-7-6-10-21(13-18)16-33-25-29-28-24(30(25)23-14-22(26)12-11-19(23)2)15-27-34(31,32)17-20-8-4-3-5-9-20/h3-14,27H,15-17H2,1-2H3. The summed E-state index contributed by atoms with van der Waals surface area (Å²) >= 11 is 7.84. The van der Waals surface area contributed by atoms with Gasteiger partial charge in [-0.1, -0.05) is 89.6 Å². The number of hydrogen-bond acceptors (Lipinski definition) is 5. The first kappa shape index (κ1) is 24.5. The van der Waals surface area contributed by atoms with E-state index in [0.717, 1.165) is 16.8 Å². The molecule has 0 amide bonds. The molecule has 34 heavy (non-hydrogen) atoms. The molecule has 0 radical (unpaired) electrons. The molecule has 0 aliphatic rings. The Morgan fingerprint density at radius 1 is 0.941 bits per heavy atom. The van der Waals surface area contributed by atoms with Crippen molar-refractivity contribution < 1.29 is 8.42 Å². The smallest absolute Gasteiger partial charge is 0.216 e. The lowest BCUT2D eigenvalue weighted by Crippen LogP contribution is -2.26. The summed E-state index contributed by atoms with van der Waals surface area (Å²) in [5, 5.41) is 9.96. The van der Waals surface area contributed by atoms with Crippen LogP contribution in [0.15, 0.2) is 78.0 Å². The van der Waals surface area contributed by atoms with Gasteiger partial charge in [-0.05, 0) is 42.7 Å². The fourth-order valence-electron chi connectivity index (χ4n) is 3.54. The predicted molar refractivity (Wildman–Crippen MR) is 138 cm³/mol. The zero-order valence-corrected chi connectivity index (χ0v) is 21.3. The lowest BCUT2D eigenvalue weighted by molar-refractivity contribution is 0.577. The minimum atomic E-state index is -3.56. The van der Waals surface area contributed by atoms with E-state index >= 15 is 0 Å². The van der Waals surface area contributed by atoms with Crippen molar-refractivity contribution in [1.29, 1.82) is 0 Å². The van der Waals surface area contributed by atoms with Gasteiger partial charge in [0.1, 0.15) is 0 Å². The first-order valence-electron chi connectivity index (χ1n) is 10.7. The maximum Gasteiger partial charge on any atom is 0.216 e. The number of sulfonamides is 1. The Morgan fingerprint density at radius 2 is 1.71 bits per heavy atom. The molecule has 1 aromatic heterocycles. The van der Waals surface area contributed by atoms with Crippen LogP contribution in [0, 0.1) is 13.8 Å². The maximum atomic E-state index is 12.7. The first-order chi connectivity index (χ1) is 16.3. The highest BCUT2D eigenvalue weighted by Crippen LogP contribution is 2.28. The van der Waals surface area contributed by atoms with Crippen molar-refractivity contribution in [2.75, 3.05) is 0 Å². The predicted octanol–water partition coefficient (Wildman–Crippen LogP) is 5.45. The SMILES string of the molecule is Cc1cccc(CSc2nnc(CNS(=O)(=O)Cc3ccccc3)n2-c2cc(Cl)ccc2C)c1. The third kappa shape index (κ3) is 6.27. The molecule has 0 saturated carbocycles. The van der Waals surface area contributed by atoms with Gasteiger partial charge in [-0.2, -0.15) is 0 Å². The van der Waals surface area contributed by atoms with Gasteiger partial charge in [0.25, 0.3) is 0 Å². The van der Waals surface area contributed by atoms with E-state index in [1.54, 1.807) is 23.9 Å². The second-order valence-corrected chi connectivity index (χ2v) is 11.2. The molecule has 0 fully saturated rings. The highest BCUT2D eigenvalue weighted by molar-refractivity contribution is 7.98. The molecular formula is C25H25ClN4O2S2. The van der Waals surface area contributed by atoms with Gasteiger partial charge in [0, 0.05) is 10.8 Å². The Labute approximate surface area is 209 Å². The first-order valence-corrected chi connectivity index (χ1v) is 13.7. The molecule has 4 aromatic rings. The third-order valence-electron chi connectivity index (χ3n) is 5.21. The summed E-state index contributed by atoms with van der Waals surface area (Å²) < 4.78 is 29.9. The molecule has 6 nitrogen and oxygen atoms in total. The maximum absolute atomic E-state index is 12.7. The topological polar surface area (TPSA) is 76.9 Å². The van der Waals surface area contributed by atoms with Gasteiger partial charge in [0.05, 0.1) is 18.0 Å². The number of aromatic nitrogens is 3. The van der Waals surface area contributed by atoms with Crippen molar-refractivity contribution in [3.8, 4) is 5.69 Å². The average molecular weight is 513 g/mol. The van der Waals surface area contributed by atoms with Crippen LogP contribution in [0.2, 0.25) is 5.02 Å². The Morgan fingerprint density at radius 3 is 2.47 bits per heavy atom. The van der Waals surface area contributed by atoms with Crippen molar-refractivity contribution in [3.05, 3.63) is 106 Å². The summed E-state index contributed by atoms with van der Waals surface area (Å²) in [5.74, 6) is 1.10. The number of nitrogens with zero attached hydrogens (tertiary/aromatic N) is 3. The molecule has 3 aromatic carbocycles. The largest absolute Gasteiger partial charge is 0.273 e. The van der Waals surface area contributed by atoms with Crippen LogP contribution in [-0.2, 0) is 28.1 Å². The molecule has 176 valence electrons. The van der Waals surface area contributed by atoms with E-state index in [1.807, 2.05) is 54.0 Å². The van der Waals surface area contributed by atoms with E-state index in [9.17, 15) is 8.42 Å². The summed E-state index contributed by atoms with van der Waals surface area (Å²) in [7, 11) is -3.56. The summed E-state index contributed by atoms with van der Waals surface area (Å²) in [4.78, 5) is 0. The van der Waals surface area contributed by atoms with E-state index in [4.69, 9.17) is 11.6 Å². The zero-order valence-electron chi connectivity index (χ0n) is 18.9. The van der Waals surface area contributed by atoms with Crippen LogP contribution < -0.4 is 4.72 Å². The Hall–Kier alpha value is -2.65. The fraction of sp³-hybridized carbons (Fsp3) is 0.200. The highest BCUT2D eigenvalue weighted by atomic mass is 35.5. The van der Waals surface area contributed by atoms with E-state index in [0.29, 0.717) is 21.8 Å². The molecular weight excluding hydrogens is 488 g/mol. The van der Waals surface area contributed by atoms with Crippen LogP contribution in [0.1, 0.15) is 28.1 Å². The second kappa shape index (κ2) is 10.7. The lowest BCUT2D eigenvalue weighted by Gasteiger charge is -2.14. The fourth-order valence-corrected chi connectivity index (χ4v) is 5.70. The average Bonchev–Trinajstić information content (AvgIpc) is 3.21. The van der Waals surface area contributed by atoms with Gasteiger partial charge in [0.2, 0.25) is 10.0 Å². The number of hydrogen-bond donors (Lipinski definition) is 1. The molecule has 0 bridgehead atoms. The molecule has 0 aliphatic heterocycles. The summed E-state index contributed by atoms with van der Waals surface area (Å²) in [6.45, 7) is 4.05. The van der Waals surface area contributed by atoms with Crippen molar-refractivity contribution in [2.45, 2.75) is 37.1 Å². The van der Waals surface area contributed by atoms with Crippen molar-refractivity contribution in [2.24, 2.45) is 0 Å². The summed E-state index contributed by atoms with van der Waals surface area (Å²) in [5.41, 5.74) is 4.89. The van der Waals surface area contributed by atoms with Crippen LogP contribution in [-0.4, -0.2) is 23.2 Å². The van der Waals surface area contributed by atoms with Crippen LogP contribution >= 0.6 is 23.4 Å². The van der Waals surface area contributed by atoms with Gasteiger partial charge >= 0.3 is 0 Å². The monoisotopic (exact) mass is 512 g/mol. The number of benzene rings is 3. The molecule has 0 unspecified atom stereocenters. The summed E-state index contributed by atoms with van der Waals surface area (Å²) in [6, 6.07) is 23.0. The van der Waals surface area contributed by atoms with E-state index < -0.39 is 10.0 Å². The number of nitrogens with one attached hydrogen (secondary N) is 1. The van der Waals surface area contributed by atoms with Crippen LogP contribution in [0.4, 0.5) is 0 Å². The normalized spacial score (nSPS) is 11.6. The van der Waals surface area contributed by atoms with Crippen LogP contribution in [0.5, 0.6) is 0 Å². The third-order valence-corrected chi connectivity index (χ3v) is 7.75.